The van der Waals surface area contributed by atoms with Crippen molar-refractivity contribution in [3.63, 3.8) is 0 Å². The van der Waals surface area contributed by atoms with Crippen molar-refractivity contribution in [3.05, 3.63) is 73.7 Å². The molecule has 0 atom stereocenters. The lowest BCUT2D eigenvalue weighted by Crippen LogP contribution is -2.42. The average Bonchev–Trinajstić information content (AvgIpc) is 3.17. The summed E-state index contributed by atoms with van der Waals surface area (Å²) in [7, 11) is 0. The van der Waals surface area contributed by atoms with Crippen LogP contribution in [0.1, 0.15) is 11.3 Å². The van der Waals surface area contributed by atoms with Gasteiger partial charge < -0.3 is 9.32 Å². The number of nitrogens with zero attached hydrogens (tertiary/aromatic N) is 3. The summed E-state index contributed by atoms with van der Waals surface area (Å²) < 4.78 is 7.64. The molecule has 0 saturated heterocycles. The van der Waals surface area contributed by atoms with E-state index in [1.54, 1.807) is 23.0 Å². The number of benzene rings is 1. The van der Waals surface area contributed by atoms with Gasteiger partial charge >= 0.3 is 0 Å². The molecule has 1 aliphatic rings. The Labute approximate surface area is 136 Å². The van der Waals surface area contributed by atoms with Gasteiger partial charge in [0.05, 0.1) is 10.8 Å². The number of furan rings is 1. The molecule has 3 aromatic rings. The molecule has 0 radical (unpaired) electrons. The molecule has 116 valence electrons. The highest BCUT2D eigenvalue weighted by Gasteiger charge is 2.15. The Morgan fingerprint density at radius 1 is 1.26 bits per heavy atom. The van der Waals surface area contributed by atoms with E-state index in [0.29, 0.717) is 23.6 Å². The molecule has 23 heavy (non-hydrogen) atoms. The van der Waals surface area contributed by atoms with Crippen LogP contribution in [0.4, 0.5) is 5.69 Å². The molecule has 0 unspecified atom stereocenters. The maximum atomic E-state index is 12.6. The first-order valence-electron chi connectivity index (χ1n) is 7.32. The third-order valence-corrected chi connectivity index (χ3v) is 4.84. The Bertz CT molecular complexity index is 998. The number of hydrogen-bond donors (Lipinski definition) is 0. The number of aryl methyl sites for hydroxylation is 1. The Balaban J connectivity index is 1.72. The molecule has 1 aliphatic heterocycles. The summed E-state index contributed by atoms with van der Waals surface area (Å²) in [6, 6.07) is 11.9. The molecular formula is C17H15N3O2S. The molecule has 0 spiro atoms. The molecule has 0 fully saturated rings. The van der Waals surface area contributed by atoms with Crippen molar-refractivity contribution in [2.45, 2.75) is 13.6 Å². The van der Waals surface area contributed by atoms with Crippen LogP contribution in [0.3, 0.4) is 0 Å². The van der Waals surface area contributed by atoms with Crippen molar-refractivity contribution in [2.24, 2.45) is 4.99 Å². The lowest BCUT2D eigenvalue weighted by Gasteiger charge is -2.25. The molecule has 5 nitrogen and oxygen atoms in total. The van der Waals surface area contributed by atoms with Crippen LogP contribution < -0.4 is 19.8 Å². The normalized spacial score (nSPS) is 14.7. The molecule has 0 bridgehead atoms. The minimum absolute atomic E-state index is 0.0260. The van der Waals surface area contributed by atoms with Gasteiger partial charge in [-0.2, -0.15) is 0 Å². The number of aromatic nitrogens is 1. The lowest BCUT2D eigenvalue weighted by atomic mass is 10.2. The standard InChI is InChI=1S/C17H15N3O2S/c1-12-4-6-13(7-5-12)19-10-18-17-20(11-19)16(21)15(23-17)9-14-3-2-8-22-14/h2-9H,10-11H2,1H3/b15-9-. The third kappa shape index (κ3) is 2.61. The van der Waals surface area contributed by atoms with Gasteiger partial charge in [-0.1, -0.05) is 29.0 Å². The summed E-state index contributed by atoms with van der Waals surface area (Å²) in [4.78, 5) is 20.0. The molecule has 0 aliphatic carbocycles. The monoisotopic (exact) mass is 325 g/mol. The SMILES string of the molecule is Cc1ccc(N2CN=c3s/c(=C\c4ccco4)c(=O)n3C2)cc1. The van der Waals surface area contributed by atoms with Crippen LogP contribution >= 0.6 is 11.3 Å². The van der Waals surface area contributed by atoms with E-state index in [0.717, 1.165) is 10.5 Å². The maximum Gasteiger partial charge on any atom is 0.271 e. The summed E-state index contributed by atoms with van der Waals surface area (Å²) in [5.41, 5.74) is 2.26. The first kappa shape index (κ1) is 14.0. The predicted octanol–water partition coefficient (Wildman–Crippen LogP) is 1.69. The van der Waals surface area contributed by atoms with E-state index < -0.39 is 0 Å². The van der Waals surface area contributed by atoms with E-state index >= 15 is 0 Å². The van der Waals surface area contributed by atoms with E-state index in [-0.39, 0.29) is 5.56 Å². The van der Waals surface area contributed by atoms with Crippen molar-refractivity contribution >= 4 is 23.1 Å². The molecule has 4 rings (SSSR count). The topological polar surface area (TPSA) is 50.7 Å². The fourth-order valence-electron chi connectivity index (χ4n) is 2.53. The minimum atomic E-state index is -0.0260. The predicted molar refractivity (Wildman–Crippen MR) is 90.2 cm³/mol. The smallest absolute Gasteiger partial charge is 0.271 e. The summed E-state index contributed by atoms with van der Waals surface area (Å²) >= 11 is 1.40. The van der Waals surface area contributed by atoms with E-state index in [2.05, 4.69) is 41.1 Å². The van der Waals surface area contributed by atoms with Crippen molar-refractivity contribution in [2.75, 3.05) is 11.6 Å². The molecule has 0 saturated carbocycles. The zero-order chi connectivity index (χ0) is 15.8. The first-order valence-corrected chi connectivity index (χ1v) is 8.13. The zero-order valence-corrected chi connectivity index (χ0v) is 13.4. The lowest BCUT2D eigenvalue weighted by molar-refractivity contribution is 0.556. The van der Waals surface area contributed by atoms with Crippen LogP contribution in [0.25, 0.3) is 6.08 Å². The minimum Gasteiger partial charge on any atom is -0.465 e. The Hall–Kier alpha value is -2.60. The van der Waals surface area contributed by atoms with Crippen LogP contribution in [0.15, 0.2) is 56.9 Å². The second-order valence-electron chi connectivity index (χ2n) is 5.46. The number of hydrogen-bond acceptors (Lipinski definition) is 5. The molecule has 0 N–H and O–H groups in total. The second kappa shape index (κ2) is 5.55. The molecule has 2 aromatic heterocycles. The summed E-state index contributed by atoms with van der Waals surface area (Å²) in [6.07, 6.45) is 3.37. The van der Waals surface area contributed by atoms with Gasteiger partial charge in [0.1, 0.15) is 19.1 Å². The number of anilines is 1. The highest BCUT2D eigenvalue weighted by molar-refractivity contribution is 7.07. The van der Waals surface area contributed by atoms with Gasteiger partial charge in [0.25, 0.3) is 5.56 Å². The van der Waals surface area contributed by atoms with Gasteiger partial charge in [-0.25, -0.2) is 4.99 Å². The van der Waals surface area contributed by atoms with Crippen LogP contribution in [0.5, 0.6) is 0 Å². The highest BCUT2D eigenvalue weighted by atomic mass is 32.1. The largest absolute Gasteiger partial charge is 0.465 e. The molecule has 3 heterocycles. The fourth-order valence-corrected chi connectivity index (χ4v) is 3.48. The molecule has 6 heteroatoms. The van der Waals surface area contributed by atoms with Crippen LogP contribution in [-0.2, 0) is 6.67 Å². The van der Waals surface area contributed by atoms with Gasteiger partial charge in [0.2, 0.25) is 0 Å². The zero-order valence-electron chi connectivity index (χ0n) is 12.6. The Morgan fingerprint density at radius 2 is 2.09 bits per heavy atom. The van der Waals surface area contributed by atoms with E-state index in [1.165, 1.54) is 16.9 Å². The Kier molecular flexibility index (Phi) is 3.38. The number of rotatable bonds is 2. The molecular weight excluding hydrogens is 310 g/mol. The number of fused-ring (bicyclic) bond motifs is 1. The van der Waals surface area contributed by atoms with Gasteiger partial charge in [-0.3, -0.25) is 9.36 Å². The van der Waals surface area contributed by atoms with Crippen LogP contribution in [0, 0.1) is 6.92 Å². The number of thiazole rings is 1. The average molecular weight is 325 g/mol. The quantitative estimate of drug-likeness (QED) is 0.720. The van der Waals surface area contributed by atoms with Gasteiger partial charge in [-0.05, 0) is 31.2 Å². The maximum absolute atomic E-state index is 12.6. The molecule has 1 aromatic carbocycles. The Morgan fingerprint density at radius 3 is 2.83 bits per heavy atom. The van der Waals surface area contributed by atoms with Crippen LogP contribution in [0.2, 0.25) is 0 Å². The summed E-state index contributed by atoms with van der Waals surface area (Å²) in [5, 5.41) is 0. The van der Waals surface area contributed by atoms with Crippen molar-refractivity contribution in [1.29, 1.82) is 0 Å². The van der Waals surface area contributed by atoms with Crippen molar-refractivity contribution < 1.29 is 4.42 Å². The third-order valence-electron chi connectivity index (χ3n) is 3.79. The van der Waals surface area contributed by atoms with Gasteiger partial charge in [-0.15, -0.1) is 0 Å². The fraction of sp³-hybridized carbons (Fsp3) is 0.176. The highest BCUT2D eigenvalue weighted by Crippen LogP contribution is 2.16. The van der Waals surface area contributed by atoms with Crippen molar-refractivity contribution in [1.82, 2.24) is 4.57 Å². The van der Waals surface area contributed by atoms with Gasteiger partial charge in [0, 0.05) is 11.8 Å². The van der Waals surface area contributed by atoms with Gasteiger partial charge in [0.15, 0.2) is 4.80 Å². The second-order valence-corrected chi connectivity index (χ2v) is 6.47. The summed E-state index contributed by atoms with van der Waals surface area (Å²) in [5.74, 6) is 0.677. The van der Waals surface area contributed by atoms with E-state index in [9.17, 15) is 4.79 Å². The first-order chi connectivity index (χ1) is 11.2. The molecule has 0 amide bonds. The van der Waals surface area contributed by atoms with Crippen molar-refractivity contribution in [3.8, 4) is 0 Å². The van der Waals surface area contributed by atoms with E-state index in [1.807, 2.05) is 6.07 Å². The van der Waals surface area contributed by atoms with Crippen LogP contribution in [-0.4, -0.2) is 11.2 Å². The summed E-state index contributed by atoms with van der Waals surface area (Å²) in [6.45, 7) is 3.13. The van der Waals surface area contributed by atoms with E-state index in [4.69, 9.17) is 4.42 Å².